The first-order valence-electron chi connectivity index (χ1n) is 9.50. The van der Waals surface area contributed by atoms with Gasteiger partial charge in [-0.05, 0) is 63.8 Å². The van der Waals surface area contributed by atoms with E-state index in [1.54, 1.807) is 26.0 Å². The number of aromatic amines is 1. The van der Waals surface area contributed by atoms with Gasteiger partial charge in [-0.3, -0.25) is 14.4 Å². The smallest absolute Gasteiger partial charge is 0.272 e. The van der Waals surface area contributed by atoms with Gasteiger partial charge in [0.25, 0.3) is 5.91 Å². The van der Waals surface area contributed by atoms with E-state index in [1.165, 1.54) is 13.3 Å². The van der Waals surface area contributed by atoms with Crippen LogP contribution >= 0.6 is 0 Å². The molecule has 1 saturated heterocycles. The lowest BCUT2D eigenvalue weighted by atomic mass is 10.1. The molecular formula is C21H26N4O3. The molecule has 7 heteroatoms. The number of amides is 2. The van der Waals surface area contributed by atoms with Crippen molar-refractivity contribution in [3.8, 4) is 0 Å². The van der Waals surface area contributed by atoms with E-state index >= 15 is 0 Å². The maximum absolute atomic E-state index is 13.0. The van der Waals surface area contributed by atoms with Crippen molar-refractivity contribution >= 4 is 29.0 Å². The number of H-pyrrole nitrogens is 1. The standard InChI is InChI=1S/C21H26N4O3/c1-12-18(14(3)26)13(2)23-19(12)21(28)24-16-11-15(20(22)27)7-8-17(16)25-9-5-4-6-10-25/h7-8,11,23H,4-6,9-10H2,1-3H3,(H2,22,27)(H,24,28). The molecule has 148 valence electrons. The Labute approximate surface area is 164 Å². The second kappa shape index (κ2) is 7.88. The molecule has 1 aliphatic heterocycles. The molecule has 0 aliphatic carbocycles. The van der Waals surface area contributed by atoms with Crippen LogP contribution in [0.15, 0.2) is 18.2 Å². The van der Waals surface area contributed by atoms with Crippen molar-refractivity contribution in [2.45, 2.75) is 40.0 Å². The molecule has 0 bridgehead atoms. The highest BCUT2D eigenvalue weighted by molar-refractivity contribution is 6.09. The molecule has 28 heavy (non-hydrogen) atoms. The monoisotopic (exact) mass is 382 g/mol. The van der Waals surface area contributed by atoms with Crippen molar-refractivity contribution in [2.24, 2.45) is 5.73 Å². The first-order chi connectivity index (χ1) is 13.3. The van der Waals surface area contributed by atoms with Crippen LogP contribution in [0.3, 0.4) is 0 Å². The number of carbonyl (C=O) groups is 3. The van der Waals surface area contributed by atoms with Gasteiger partial charge >= 0.3 is 0 Å². The molecule has 1 aromatic heterocycles. The Morgan fingerprint density at radius 2 is 1.79 bits per heavy atom. The van der Waals surface area contributed by atoms with Crippen LogP contribution in [0, 0.1) is 13.8 Å². The summed E-state index contributed by atoms with van der Waals surface area (Å²) in [5, 5.41) is 2.91. The number of aromatic nitrogens is 1. The number of primary amides is 1. The number of piperidine rings is 1. The summed E-state index contributed by atoms with van der Waals surface area (Å²) in [4.78, 5) is 41.6. The topological polar surface area (TPSA) is 108 Å². The van der Waals surface area contributed by atoms with Crippen LogP contribution < -0.4 is 16.0 Å². The molecule has 0 spiro atoms. The minimum Gasteiger partial charge on any atom is -0.370 e. The number of carbonyl (C=O) groups excluding carboxylic acids is 3. The Hall–Kier alpha value is -3.09. The van der Waals surface area contributed by atoms with Crippen molar-refractivity contribution in [3.63, 3.8) is 0 Å². The number of nitrogens with zero attached hydrogens (tertiary/aromatic N) is 1. The number of benzene rings is 1. The number of hydrogen-bond acceptors (Lipinski definition) is 4. The number of hydrogen-bond donors (Lipinski definition) is 3. The molecule has 3 rings (SSSR count). The molecular weight excluding hydrogens is 356 g/mol. The molecule has 0 unspecified atom stereocenters. The third-order valence-corrected chi connectivity index (χ3v) is 5.24. The molecule has 1 aliphatic rings. The fourth-order valence-corrected chi connectivity index (χ4v) is 3.89. The summed E-state index contributed by atoms with van der Waals surface area (Å²) in [6.45, 7) is 6.80. The van der Waals surface area contributed by atoms with E-state index in [2.05, 4.69) is 15.2 Å². The van der Waals surface area contributed by atoms with E-state index in [0.29, 0.717) is 33.8 Å². The summed E-state index contributed by atoms with van der Waals surface area (Å²) in [6.07, 6.45) is 3.36. The van der Waals surface area contributed by atoms with Crippen LogP contribution in [0.2, 0.25) is 0 Å². The van der Waals surface area contributed by atoms with E-state index in [0.717, 1.165) is 31.6 Å². The van der Waals surface area contributed by atoms with Crippen molar-refractivity contribution in [1.29, 1.82) is 0 Å². The minimum absolute atomic E-state index is 0.0879. The number of rotatable bonds is 5. The van der Waals surface area contributed by atoms with E-state index in [4.69, 9.17) is 5.73 Å². The number of aryl methyl sites for hydroxylation is 1. The van der Waals surface area contributed by atoms with Crippen LogP contribution in [0.25, 0.3) is 0 Å². The average molecular weight is 382 g/mol. The number of anilines is 2. The zero-order chi connectivity index (χ0) is 20.4. The molecule has 7 nitrogen and oxygen atoms in total. The summed E-state index contributed by atoms with van der Waals surface area (Å²) in [7, 11) is 0. The van der Waals surface area contributed by atoms with Gasteiger partial charge in [0.2, 0.25) is 5.91 Å². The Bertz CT molecular complexity index is 939. The van der Waals surface area contributed by atoms with Crippen molar-refractivity contribution < 1.29 is 14.4 Å². The lowest BCUT2D eigenvalue weighted by Crippen LogP contribution is -2.30. The first kappa shape index (κ1) is 19.7. The van der Waals surface area contributed by atoms with Gasteiger partial charge in [0.1, 0.15) is 5.69 Å². The van der Waals surface area contributed by atoms with Gasteiger partial charge in [-0.2, -0.15) is 0 Å². The van der Waals surface area contributed by atoms with Crippen LogP contribution in [0.1, 0.15) is 68.6 Å². The Morgan fingerprint density at radius 3 is 2.36 bits per heavy atom. The van der Waals surface area contributed by atoms with Crippen molar-refractivity contribution in [2.75, 3.05) is 23.3 Å². The third kappa shape index (κ3) is 3.78. The molecule has 2 amide bonds. The summed E-state index contributed by atoms with van der Waals surface area (Å²) in [5.74, 6) is -0.991. The zero-order valence-electron chi connectivity index (χ0n) is 16.5. The minimum atomic E-state index is -0.550. The van der Waals surface area contributed by atoms with E-state index in [-0.39, 0.29) is 11.7 Å². The highest BCUT2D eigenvalue weighted by Crippen LogP contribution is 2.30. The largest absolute Gasteiger partial charge is 0.370 e. The molecule has 0 saturated carbocycles. The van der Waals surface area contributed by atoms with Gasteiger partial charge in [-0.15, -0.1) is 0 Å². The van der Waals surface area contributed by atoms with E-state index in [9.17, 15) is 14.4 Å². The summed E-state index contributed by atoms with van der Waals surface area (Å²) in [6, 6.07) is 5.12. The van der Waals surface area contributed by atoms with Crippen molar-refractivity contribution in [3.05, 3.63) is 46.3 Å². The fraction of sp³-hybridized carbons (Fsp3) is 0.381. The quantitative estimate of drug-likeness (QED) is 0.690. The highest BCUT2D eigenvalue weighted by Gasteiger charge is 2.22. The maximum atomic E-state index is 13.0. The molecule has 0 radical (unpaired) electrons. The van der Waals surface area contributed by atoms with Gasteiger partial charge in [0.15, 0.2) is 5.78 Å². The molecule has 1 fully saturated rings. The maximum Gasteiger partial charge on any atom is 0.272 e. The van der Waals surface area contributed by atoms with Gasteiger partial charge in [0, 0.05) is 29.9 Å². The number of Topliss-reactive ketones (excluding diaryl/α,β-unsaturated/α-hetero) is 1. The summed E-state index contributed by atoms with van der Waals surface area (Å²) < 4.78 is 0. The van der Waals surface area contributed by atoms with Gasteiger partial charge in [0.05, 0.1) is 11.4 Å². The van der Waals surface area contributed by atoms with Crippen LogP contribution in [0.5, 0.6) is 0 Å². The third-order valence-electron chi connectivity index (χ3n) is 5.24. The molecule has 1 aromatic carbocycles. The summed E-state index contributed by atoms with van der Waals surface area (Å²) >= 11 is 0. The van der Waals surface area contributed by atoms with Gasteiger partial charge in [-0.25, -0.2) is 0 Å². The molecule has 2 aromatic rings. The highest BCUT2D eigenvalue weighted by atomic mass is 16.2. The van der Waals surface area contributed by atoms with E-state index < -0.39 is 5.91 Å². The van der Waals surface area contributed by atoms with Crippen molar-refractivity contribution in [1.82, 2.24) is 4.98 Å². The normalized spacial score (nSPS) is 14.0. The number of nitrogens with two attached hydrogens (primary N) is 1. The Balaban J connectivity index is 1.97. The second-order valence-corrected chi connectivity index (χ2v) is 7.28. The average Bonchev–Trinajstić information content (AvgIpc) is 2.96. The number of ketones is 1. The molecule has 4 N–H and O–H groups in total. The van der Waals surface area contributed by atoms with E-state index in [1.807, 2.05) is 6.07 Å². The lowest BCUT2D eigenvalue weighted by molar-refractivity contribution is 0.0993. The fourth-order valence-electron chi connectivity index (χ4n) is 3.89. The van der Waals surface area contributed by atoms with Crippen LogP contribution in [-0.4, -0.2) is 35.7 Å². The van der Waals surface area contributed by atoms with Gasteiger partial charge < -0.3 is 20.9 Å². The van der Waals surface area contributed by atoms with Crippen LogP contribution in [-0.2, 0) is 0 Å². The van der Waals surface area contributed by atoms with Crippen LogP contribution in [0.4, 0.5) is 11.4 Å². The number of nitrogens with one attached hydrogen (secondary N) is 2. The Morgan fingerprint density at radius 1 is 1.11 bits per heavy atom. The molecule has 2 heterocycles. The SMILES string of the molecule is CC(=O)c1c(C)[nH]c(C(=O)Nc2cc(C(N)=O)ccc2N2CCCCC2)c1C. The Kier molecular flexibility index (Phi) is 5.53. The summed E-state index contributed by atoms with van der Waals surface area (Å²) in [5.41, 5.74) is 9.33. The predicted molar refractivity (Wildman–Crippen MR) is 109 cm³/mol. The zero-order valence-corrected chi connectivity index (χ0v) is 16.5. The second-order valence-electron chi connectivity index (χ2n) is 7.28. The lowest BCUT2D eigenvalue weighted by Gasteiger charge is -2.30. The molecule has 0 atom stereocenters. The first-order valence-corrected chi connectivity index (χ1v) is 9.50. The van der Waals surface area contributed by atoms with Gasteiger partial charge in [-0.1, -0.05) is 0 Å². The predicted octanol–water partition coefficient (Wildman–Crippen LogP) is 3.18.